The van der Waals surface area contributed by atoms with Gasteiger partial charge in [-0.15, -0.1) is 10.2 Å². The Bertz CT molecular complexity index is 1030. The Labute approximate surface area is 188 Å². The molecule has 0 radical (unpaired) electrons. The molecule has 1 fully saturated rings. The average molecular weight is 436 g/mol. The van der Waals surface area contributed by atoms with Gasteiger partial charge in [-0.25, -0.2) is 0 Å². The van der Waals surface area contributed by atoms with Gasteiger partial charge >= 0.3 is 0 Å². The molecular formula is C24H29N5OS. The van der Waals surface area contributed by atoms with Gasteiger partial charge in [0.2, 0.25) is 5.91 Å². The number of benzene rings is 2. The summed E-state index contributed by atoms with van der Waals surface area (Å²) in [6, 6.07) is 16.1. The molecule has 4 rings (SSSR count). The van der Waals surface area contributed by atoms with E-state index in [1.165, 1.54) is 31.0 Å². The number of carbonyl (C=O) groups is 1. The van der Waals surface area contributed by atoms with Crippen molar-refractivity contribution in [2.75, 3.05) is 24.2 Å². The largest absolute Gasteiger partial charge is 0.325 e. The first-order valence-electron chi connectivity index (χ1n) is 10.8. The van der Waals surface area contributed by atoms with Crippen LogP contribution < -0.4 is 5.32 Å². The second-order valence-corrected chi connectivity index (χ2v) is 8.93. The normalized spacial score (nSPS) is 14.5. The van der Waals surface area contributed by atoms with Crippen LogP contribution in [0.2, 0.25) is 0 Å². The monoisotopic (exact) mass is 435 g/mol. The molecule has 3 aromatic rings. The van der Waals surface area contributed by atoms with Crippen LogP contribution in [0.3, 0.4) is 0 Å². The number of hydrogen-bond donors (Lipinski definition) is 1. The summed E-state index contributed by atoms with van der Waals surface area (Å²) in [4.78, 5) is 15.1. The van der Waals surface area contributed by atoms with Crippen LogP contribution in [0.15, 0.2) is 53.7 Å². The number of hydrogen-bond acceptors (Lipinski definition) is 5. The number of thioether (sulfide) groups is 1. The molecule has 2 heterocycles. The first-order valence-corrected chi connectivity index (χ1v) is 11.8. The summed E-state index contributed by atoms with van der Waals surface area (Å²) in [5.74, 6) is 1.16. The quantitative estimate of drug-likeness (QED) is 0.550. The van der Waals surface area contributed by atoms with Crippen LogP contribution in [0.4, 0.5) is 5.69 Å². The molecule has 0 unspecified atom stereocenters. The lowest BCUT2D eigenvalue weighted by Gasteiger charge is -2.26. The van der Waals surface area contributed by atoms with Gasteiger partial charge < -0.3 is 5.32 Å². The van der Waals surface area contributed by atoms with Crippen molar-refractivity contribution < 1.29 is 4.79 Å². The van der Waals surface area contributed by atoms with E-state index in [0.29, 0.717) is 0 Å². The number of amides is 1. The van der Waals surface area contributed by atoms with Gasteiger partial charge in [-0.3, -0.25) is 14.3 Å². The molecule has 162 valence electrons. The molecule has 1 saturated heterocycles. The first-order chi connectivity index (χ1) is 15.1. The van der Waals surface area contributed by atoms with Crippen LogP contribution in [0, 0.1) is 13.8 Å². The average Bonchev–Trinajstić information content (AvgIpc) is 3.19. The van der Waals surface area contributed by atoms with Crippen molar-refractivity contribution in [3.8, 4) is 5.69 Å². The third-order valence-electron chi connectivity index (χ3n) is 5.74. The maximum Gasteiger partial charge on any atom is 0.234 e. The highest BCUT2D eigenvalue weighted by atomic mass is 32.2. The number of aromatic nitrogens is 3. The number of carbonyl (C=O) groups excluding carboxylic acids is 1. The van der Waals surface area contributed by atoms with Gasteiger partial charge in [0.05, 0.1) is 12.3 Å². The molecule has 1 aliphatic heterocycles. The fourth-order valence-electron chi connectivity index (χ4n) is 3.85. The van der Waals surface area contributed by atoms with Crippen LogP contribution in [0.5, 0.6) is 0 Å². The number of aryl methyl sites for hydroxylation is 1. The molecule has 1 amide bonds. The van der Waals surface area contributed by atoms with Crippen molar-refractivity contribution in [1.82, 2.24) is 19.7 Å². The summed E-state index contributed by atoms with van der Waals surface area (Å²) in [5, 5.41) is 12.7. The SMILES string of the molecule is Cc1cccc(NC(=O)CSc2nnc(CN3CCCCC3)n2-c2ccccc2)c1C. The van der Waals surface area contributed by atoms with Crippen LogP contribution >= 0.6 is 11.8 Å². The van der Waals surface area contributed by atoms with Crippen LogP contribution in [-0.2, 0) is 11.3 Å². The van der Waals surface area contributed by atoms with Gasteiger partial charge in [0.25, 0.3) is 0 Å². The number of nitrogens with zero attached hydrogens (tertiary/aromatic N) is 4. The molecule has 2 aromatic carbocycles. The van der Waals surface area contributed by atoms with Crippen molar-refractivity contribution in [3.05, 3.63) is 65.5 Å². The molecule has 1 aliphatic rings. The van der Waals surface area contributed by atoms with E-state index in [4.69, 9.17) is 0 Å². The van der Waals surface area contributed by atoms with Crippen molar-refractivity contribution in [1.29, 1.82) is 0 Å². The molecular weight excluding hydrogens is 406 g/mol. The molecule has 1 aromatic heterocycles. The number of para-hydroxylation sites is 1. The Kier molecular flexibility index (Phi) is 7.04. The molecule has 1 N–H and O–H groups in total. The van der Waals surface area contributed by atoms with Gasteiger partial charge in [0.15, 0.2) is 11.0 Å². The predicted octanol–water partition coefficient (Wildman–Crippen LogP) is 4.60. The summed E-state index contributed by atoms with van der Waals surface area (Å²) in [7, 11) is 0. The standard InChI is InChI=1S/C24H29N5OS/c1-18-10-9-13-21(19(18)2)25-23(30)17-31-24-27-26-22(16-28-14-7-4-8-15-28)29(24)20-11-5-3-6-12-20/h3,5-6,9-13H,4,7-8,14-17H2,1-2H3,(H,25,30). The minimum absolute atomic E-state index is 0.0427. The number of anilines is 1. The molecule has 0 spiro atoms. The second-order valence-electron chi connectivity index (χ2n) is 7.99. The van der Waals surface area contributed by atoms with E-state index in [-0.39, 0.29) is 11.7 Å². The molecule has 7 heteroatoms. The summed E-state index contributed by atoms with van der Waals surface area (Å²) in [6.45, 7) is 7.05. The Balaban J connectivity index is 1.49. The Hall–Kier alpha value is -2.64. The molecule has 31 heavy (non-hydrogen) atoms. The molecule has 0 aliphatic carbocycles. The van der Waals surface area contributed by atoms with E-state index in [1.54, 1.807) is 0 Å². The third-order valence-corrected chi connectivity index (χ3v) is 6.67. The lowest BCUT2D eigenvalue weighted by Crippen LogP contribution is -2.30. The lowest BCUT2D eigenvalue weighted by molar-refractivity contribution is -0.113. The predicted molar refractivity (Wildman–Crippen MR) is 126 cm³/mol. The summed E-state index contributed by atoms with van der Waals surface area (Å²) < 4.78 is 2.09. The Morgan fingerprint density at radius 1 is 1.00 bits per heavy atom. The molecule has 6 nitrogen and oxygen atoms in total. The van der Waals surface area contributed by atoms with Gasteiger partial charge in [0, 0.05) is 11.4 Å². The van der Waals surface area contributed by atoms with E-state index in [0.717, 1.165) is 53.1 Å². The van der Waals surface area contributed by atoms with E-state index in [2.05, 4.69) is 37.1 Å². The highest BCUT2D eigenvalue weighted by Gasteiger charge is 2.19. The van der Waals surface area contributed by atoms with Crippen LogP contribution in [0.1, 0.15) is 36.2 Å². The Morgan fingerprint density at radius 3 is 2.55 bits per heavy atom. The van der Waals surface area contributed by atoms with Gasteiger partial charge in [-0.1, -0.05) is 48.5 Å². The van der Waals surface area contributed by atoms with Crippen molar-refractivity contribution in [2.45, 2.75) is 44.8 Å². The fourth-order valence-corrected chi connectivity index (χ4v) is 4.62. The second kappa shape index (κ2) is 10.1. The van der Waals surface area contributed by atoms with Gasteiger partial charge in [-0.05, 0) is 69.1 Å². The van der Waals surface area contributed by atoms with Crippen LogP contribution in [-0.4, -0.2) is 44.4 Å². The third kappa shape index (κ3) is 5.35. The summed E-state index contributed by atoms with van der Waals surface area (Å²) in [5.41, 5.74) is 4.15. The maximum atomic E-state index is 12.6. The highest BCUT2D eigenvalue weighted by Crippen LogP contribution is 2.24. The van der Waals surface area contributed by atoms with E-state index >= 15 is 0 Å². The number of likely N-dealkylation sites (tertiary alicyclic amines) is 1. The smallest absolute Gasteiger partial charge is 0.234 e. The topological polar surface area (TPSA) is 63.1 Å². The first kappa shape index (κ1) is 21.6. The molecule has 0 saturated carbocycles. The highest BCUT2D eigenvalue weighted by molar-refractivity contribution is 7.99. The van der Waals surface area contributed by atoms with Gasteiger partial charge in [0.1, 0.15) is 0 Å². The minimum Gasteiger partial charge on any atom is -0.325 e. The van der Waals surface area contributed by atoms with E-state index in [9.17, 15) is 4.79 Å². The van der Waals surface area contributed by atoms with Crippen LogP contribution in [0.25, 0.3) is 5.69 Å². The number of rotatable bonds is 7. The van der Waals surface area contributed by atoms with Crippen molar-refractivity contribution in [3.63, 3.8) is 0 Å². The minimum atomic E-state index is -0.0427. The number of piperidine rings is 1. The maximum absolute atomic E-state index is 12.6. The zero-order chi connectivity index (χ0) is 21.6. The zero-order valence-electron chi connectivity index (χ0n) is 18.2. The zero-order valence-corrected chi connectivity index (χ0v) is 19.0. The van der Waals surface area contributed by atoms with E-state index < -0.39 is 0 Å². The molecule has 0 bridgehead atoms. The van der Waals surface area contributed by atoms with E-state index in [1.807, 2.05) is 50.2 Å². The van der Waals surface area contributed by atoms with Gasteiger partial charge in [-0.2, -0.15) is 0 Å². The fraction of sp³-hybridized carbons (Fsp3) is 0.375. The summed E-state index contributed by atoms with van der Waals surface area (Å²) in [6.07, 6.45) is 3.78. The molecule has 0 atom stereocenters. The van der Waals surface area contributed by atoms with Crippen molar-refractivity contribution >= 4 is 23.4 Å². The number of nitrogens with one attached hydrogen (secondary N) is 1. The lowest BCUT2D eigenvalue weighted by atomic mass is 10.1. The summed E-state index contributed by atoms with van der Waals surface area (Å²) >= 11 is 1.42. The van der Waals surface area contributed by atoms with Crippen molar-refractivity contribution in [2.24, 2.45) is 0 Å². The Morgan fingerprint density at radius 2 is 1.77 bits per heavy atom.